The Morgan fingerprint density at radius 3 is 2.40 bits per heavy atom. The van der Waals surface area contributed by atoms with Gasteiger partial charge in [0.25, 0.3) is 0 Å². The van der Waals surface area contributed by atoms with Gasteiger partial charge < -0.3 is 25.3 Å². The predicted octanol–water partition coefficient (Wildman–Crippen LogP) is 3.70. The SMILES string of the molecule is COC(=O)c1ccc(OCCNCC(=O)Cc2ccc(N(C(N)=O)c3ccccc3C)c(OC)c2)c([N+](=O)[O-])c1. The molecule has 210 valence electrons. The van der Waals surface area contributed by atoms with E-state index in [0.29, 0.717) is 22.7 Å². The maximum atomic E-state index is 12.5. The summed E-state index contributed by atoms with van der Waals surface area (Å²) < 4.78 is 15.6. The molecule has 0 fully saturated rings. The number of carbonyl (C=O) groups excluding carboxylic acids is 3. The summed E-state index contributed by atoms with van der Waals surface area (Å²) in [5, 5.41) is 14.3. The molecule has 0 heterocycles. The van der Waals surface area contributed by atoms with Crippen LogP contribution in [-0.2, 0) is 16.0 Å². The maximum Gasteiger partial charge on any atom is 0.338 e. The van der Waals surface area contributed by atoms with E-state index >= 15 is 0 Å². The van der Waals surface area contributed by atoms with E-state index in [0.717, 1.165) is 11.6 Å². The molecule has 0 aliphatic rings. The van der Waals surface area contributed by atoms with E-state index in [2.05, 4.69) is 10.1 Å². The molecule has 0 saturated carbocycles. The molecule has 40 heavy (non-hydrogen) atoms. The Kier molecular flexibility index (Phi) is 10.1. The molecule has 3 aromatic carbocycles. The average Bonchev–Trinajstić information content (AvgIpc) is 2.94. The first-order chi connectivity index (χ1) is 19.2. The van der Waals surface area contributed by atoms with Crippen molar-refractivity contribution < 1.29 is 33.5 Å². The number of para-hydroxylation sites is 1. The summed E-state index contributed by atoms with van der Waals surface area (Å²) in [6.45, 7) is 2.20. The minimum absolute atomic E-state index is 0.00587. The van der Waals surface area contributed by atoms with E-state index in [1.54, 1.807) is 30.3 Å². The second-order valence-electron chi connectivity index (χ2n) is 8.64. The molecule has 0 bridgehead atoms. The minimum Gasteiger partial charge on any atom is -0.495 e. The standard InChI is InChI=1S/C28H30N4O8/c1-18-6-4-5-7-22(18)31(28(29)35)23-10-8-19(15-26(23)38-2)14-21(33)17-30-12-13-40-25-11-9-20(27(34)39-3)16-24(25)32(36)37/h4-11,15-16,30H,12-14,17H2,1-3H3,(H2,29,35). The second kappa shape index (κ2) is 13.7. The van der Waals surface area contributed by atoms with Gasteiger partial charge in [0.15, 0.2) is 11.5 Å². The van der Waals surface area contributed by atoms with Gasteiger partial charge in [0, 0.05) is 19.0 Å². The first-order valence-corrected chi connectivity index (χ1v) is 12.2. The fourth-order valence-electron chi connectivity index (χ4n) is 3.98. The van der Waals surface area contributed by atoms with Gasteiger partial charge in [-0.25, -0.2) is 9.59 Å². The molecule has 3 rings (SSSR count). The molecule has 3 N–H and O–H groups in total. The summed E-state index contributed by atoms with van der Waals surface area (Å²) >= 11 is 0. The molecule has 0 atom stereocenters. The Balaban J connectivity index is 1.57. The van der Waals surface area contributed by atoms with Crippen molar-refractivity contribution in [3.05, 3.63) is 87.5 Å². The van der Waals surface area contributed by atoms with Gasteiger partial charge in [-0.3, -0.25) is 19.8 Å². The van der Waals surface area contributed by atoms with Crippen molar-refractivity contribution in [3.63, 3.8) is 0 Å². The van der Waals surface area contributed by atoms with Gasteiger partial charge in [0.1, 0.15) is 12.4 Å². The third-order valence-corrected chi connectivity index (χ3v) is 5.90. The predicted molar refractivity (Wildman–Crippen MR) is 147 cm³/mol. The van der Waals surface area contributed by atoms with E-state index in [9.17, 15) is 24.5 Å². The summed E-state index contributed by atoms with van der Waals surface area (Å²) in [5.74, 6) is -0.436. The van der Waals surface area contributed by atoms with Gasteiger partial charge in [0.2, 0.25) is 0 Å². The van der Waals surface area contributed by atoms with Crippen LogP contribution < -0.4 is 25.4 Å². The molecule has 0 saturated heterocycles. The average molecular weight is 551 g/mol. The van der Waals surface area contributed by atoms with Crippen molar-refractivity contribution >= 4 is 34.8 Å². The number of methoxy groups -OCH3 is 2. The molecule has 0 spiro atoms. The Hall–Kier alpha value is -4.97. The number of urea groups is 1. The number of ether oxygens (including phenoxy) is 3. The monoisotopic (exact) mass is 550 g/mol. The molecule has 2 amide bonds. The molecular formula is C28H30N4O8. The van der Waals surface area contributed by atoms with Crippen LogP contribution in [0.25, 0.3) is 0 Å². The van der Waals surface area contributed by atoms with Crippen molar-refractivity contribution in [1.29, 1.82) is 0 Å². The number of nitro benzene ring substituents is 1. The van der Waals surface area contributed by atoms with Crippen LogP contribution in [0.2, 0.25) is 0 Å². The van der Waals surface area contributed by atoms with Crippen molar-refractivity contribution in [2.24, 2.45) is 5.73 Å². The van der Waals surface area contributed by atoms with E-state index in [1.807, 2.05) is 19.1 Å². The van der Waals surface area contributed by atoms with Gasteiger partial charge in [-0.1, -0.05) is 24.3 Å². The third kappa shape index (κ3) is 7.32. The molecule has 0 aliphatic carbocycles. The zero-order valence-corrected chi connectivity index (χ0v) is 22.3. The van der Waals surface area contributed by atoms with Crippen molar-refractivity contribution in [1.82, 2.24) is 5.32 Å². The normalized spacial score (nSPS) is 10.5. The summed E-state index contributed by atoms with van der Waals surface area (Å²) in [6.07, 6.45) is 0.103. The number of nitrogens with two attached hydrogens (primary N) is 1. The number of Topliss-reactive ketones (excluding diaryl/α,β-unsaturated/α-hetero) is 1. The topological polar surface area (TPSA) is 163 Å². The Morgan fingerprint density at radius 1 is 1.00 bits per heavy atom. The smallest absolute Gasteiger partial charge is 0.338 e. The lowest BCUT2D eigenvalue weighted by atomic mass is 10.1. The fraction of sp³-hybridized carbons (Fsp3) is 0.250. The van der Waals surface area contributed by atoms with Crippen LogP contribution in [0.1, 0.15) is 21.5 Å². The molecule has 0 radical (unpaired) electrons. The lowest BCUT2D eigenvalue weighted by Crippen LogP contribution is -2.32. The van der Waals surface area contributed by atoms with Crippen LogP contribution in [0.5, 0.6) is 11.5 Å². The fourth-order valence-corrected chi connectivity index (χ4v) is 3.98. The molecule has 12 nitrogen and oxygen atoms in total. The van der Waals surface area contributed by atoms with Gasteiger partial charge in [-0.15, -0.1) is 0 Å². The zero-order valence-electron chi connectivity index (χ0n) is 22.3. The number of nitro groups is 1. The van der Waals surface area contributed by atoms with Crippen LogP contribution in [-0.4, -0.2) is 56.6 Å². The van der Waals surface area contributed by atoms with E-state index in [4.69, 9.17) is 15.2 Å². The molecule has 3 aromatic rings. The first kappa shape index (κ1) is 29.6. The number of aryl methyl sites for hydroxylation is 1. The number of hydrogen-bond donors (Lipinski definition) is 2. The van der Waals surface area contributed by atoms with E-state index < -0.39 is 16.9 Å². The molecule has 0 aromatic heterocycles. The Morgan fingerprint density at radius 2 is 1.75 bits per heavy atom. The van der Waals surface area contributed by atoms with Crippen LogP contribution >= 0.6 is 0 Å². The number of carbonyl (C=O) groups is 3. The largest absolute Gasteiger partial charge is 0.495 e. The number of nitrogens with zero attached hydrogens (tertiary/aromatic N) is 2. The highest BCUT2D eigenvalue weighted by Gasteiger charge is 2.22. The van der Waals surface area contributed by atoms with Crippen molar-refractivity contribution in [2.75, 3.05) is 38.8 Å². The number of ketones is 1. The van der Waals surface area contributed by atoms with Crippen LogP contribution in [0.3, 0.4) is 0 Å². The second-order valence-corrected chi connectivity index (χ2v) is 8.64. The summed E-state index contributed by atoms with van der Waals surface area (Å²) in [5.41, 5.74) is 7.95. The summed E-state index contributed by atoms with van der Waals surface area (Å²) in [6, 6.07) is 15.5. The highest BCUT2D eigenvalue weighted by molar-refractivity contribution is 6.00. The number of nitrogens with one attached hydrogen (secondary N) is 1. The number of benzene rings is 3. The first-order valence-electron chi connectivity index (χ1n) is 12.2. The summed E-state index contributed by atoms with van der Waals surface area (Å²) in [7, 11) is 2.65. The quantitative estimate of drug-likeness (QED) is 0.140. The maximum absolute atomic E-state index is 12.5. The lowest BCUT2D eigenvalue weighted by Gasteiger charge is -2.24. The number of anilines is 2. The van der Waals surface area contributed by atoms with Crippen LogP contribution in [0.4, 0.5) is 21.9 Å². The number of primary amides is 1. The number of esters is 1. The molecule has 0 unspecified atom stereocenters. The number of rotatable bonds is 13. The lowest BCUT2D eigenvalue weighted by molar-refractivity contribution is -0.385. The molecule has 0 aliphatic heterocycles. The molecular weight excluding hydrogens is 520 g/mol. The Labute approximate surface area is 230 Å². The van der Waals surface area contributed by atoms with Crippen LogP contribution in [0.15, 0.2) is 60.7 Å². The van der Waals surface area contributed by atoms with Gasteiger partial charge in [-0.05, 0) is 48.4 Å². The highest BCUT2D eigenvalue weighted by Crippen LogP contribution is 2.36. The highest BCUT2D eigenvalue weighted by atomic mass is 16.6. The van der Waals surface area contributed by atoms with Crippen molar-refractivity contribution in [3.8, 4) is 11.5 Å². The van der Waals surface area contributed by atoms with Crippen molar-refractivity contribution in [2.45, 2.75) is 13.3 Å². The van der Waals surface area contributed by atoms with Gasteiger partial charge in [-0.2, -0.15) is 0 Å². The van der Waals surface area contributed by atoms with Crippen LogP contribution in [0, 0.1) is 17.0 Å². The number of amides is 2. The zero-order chi connectivity index (χ0) is 29.2. The minimum atomic E-state index is -0.696. The Bertz CT molecular complexity index is 1410. The van der Waals surface area contributed by atoms with E-state index in [-0.39, 0.29) is 48.9 Å². The third-order valence-electron chi connectivity index (χ3n) is 5.90. The summed E-state index contributed by atoms with van der Waals surface area (Å²) in [4.78, 5) is 48.5. The van der Waals surface area contributed by atoms with Gasteiger partial charge in [0.05, 0.1) is 42.6 Å². The van der Waals surface area contributed by atoms with E-state index in [1.165, 1.54) is 31.3 Å². The van der Waals surface area contributed by atoms with Gasteiger partial charge >= 0.3 is 17.7 Å². The molecule has 12 heteroatoms. The number of hydrogen-bond acceptors (Lipinski definition) is 9.